The Morgan fingerprint density at radius 2 is 2.15 bits per heavy atom. The number of anilines is 1. The predicted molar refractivity (Wildman–Crippen MR) is 76.9 cm³/mol. The first-order valence-corrected chi connectivity index (χ1v) is 6.63. The summed E-state index contributed by atoms with van der Waals surface area (Å²) >= 11 is 0. The number of likely N-dealkylation sites (N-methyl/N-ethyl adjacent to an activating group) is 1. The Morgan fingerprint density at radius 1 is 1.45 bits per heavy atom. The molecule has 2 rings (SSSR count). The van der Waals surface area contributed by atoms with Crippen LogP contribution in [0, 0.1) is 6.92 Å². The van der Waals surface area contributed by atoms with Crippen LogP contribution >= 0.6 is 0 Å². The van der Waals surface area contributed by atoms with Gasteiger partial charge in [0.2, 0.25) is 5.91 Å². The molecule has 6 heteroatoms. The number of pyridine rings is 1. The summed E-state index contributed by atoms with van der Waals surface area (Å²) in [4.78, 5) is 25.9. The quantitative estimate of drug-likeness (QED) is 0.867. The number of amides is 1. The van der Waals surface area contributed by atoms with Crippen LogP contribution in [0.3, 0.4) is 0 Å². The van der Waals surface area contributed by atoms with E-state index in [0.29, 0.717) is 17.7 Å². The van der Waals surface area contributed by atoms with E-state index in [2.05, 4.69) is 5.32 Å². The van der Waals surface area contributed by atoms with Crippen LogP contribution in [0.25, 0.3) is 0 Å². The molecule has 2 atom stereocenters. The standard InChI is InChI=1S/C14H21N3O3/c1-9-5-10(7-17(3)14(9)19)15-13(18)12-6-11(20-4)8-16(12)2/h5,7,11-12H,6,8H2,1-4H3,(H,15,18)/t11-,12-/m0/s1. The molecular formula is C14H21N3O3. The second-order valence-corrected chi connectivity index (χ2v) is 5.37. The fourth-order valence-electron chi connectivity index (χ4n) is 2.60. The molecule has 0 aliphatic carbocycles. The van der Waals surface area contributed by atoms with Gasteiger partial charge >= 0.3 is 0 Å². The van der Waals surface area contributed by atoms with Crippen LogP contribution in [-0.4, -0.2) is 48.2 Å². The monoisotopic (exact) mass is 279 g/mol. The maximum atomic E-state index is 12.3. The number of carbonyl (C=O) groups is 1. The molecule has 0 saturated carbocycles. The summed E-state index contributed by atoms with van der Waals surface area (Å²) in [6.07, 6.45) is 2.41. The van der Waals surface area contributed by atoms with Crippen molar-refractivity contribution in [2.24, 2.45) is 7.05 Å². The molecule has 0 aromatic carbocycles. The van der Waals surface area contributed by atoms with Crippen LogP contribution < -0.4 is 10.9 Å². The maximum absolute atomic E-state index is 12.3. The zero-order valence-electron chi connectivity index (χ0n) is 12.3. The molecule has 0 unspecified atom stereocenters. The van der Waals surface area contributed by atoms with E-state index in [-0.39, 0.29) is 23.6 Å². The molecular weight excluding hydrogens is 258 g/mol. The van der Waals surface area contributed by atoms with Crippen molar-refractivity contribution in [1.82, 2.24) is 9.47 Å². The highest BCUT2D eigenvalue weighted by Gasteiger charge is 2.34. The Labute approximate surface area is 118 Å². The molecule has 0 spiro atoms. The SMILES string of the molecule is CO[C@H]1C[C@@H](C(=O)Nc2cc(C)c(=O)n(C)c2)N(C)C1. The van der Waals surface area contributed by atoms with E-state index in [0.717, 1.165) is 6.54 Å². The average Bonchev–Trinajstić information content (AvgIpc) is 2.77. The number of aryl methyl sites for hydroxylation is 2. The average molecular weight is 279 g/mol. The number of hydrogen-bond acceptors (Lipinski definition) is 4. The van der Waals surface area contributed by atoms with Gasteiger partial charge in [0.25, 0.3) is 5.56 Å². The van der Waals surface area contributed by atoms with Crippen molar-refractivity contribution >= 4 is 11.6 Å². The number of ether oxygens (including phenoxy) is 1. The molecule has 1 N–H and O–H groups in total. The van der Waals surface area contributed by atoms with Gasteiger partial charge in [0.15, 0.2) is 0 Å². The molecule has 2 heterocycles. The normalized spacial score (nSPS) is 23.0. The van der Waals surface area contributed by atoms with Gasteiger partial charge in [0.05, 0.1) is 17.8 Å². The van der Waals surface area contributed by atoms with Crippen LogP contribution in [0.5, 0.6) is 0 Å². The maximum Gasteiger partial charge on any atom is 0.253 e. The van der Waals surface area contributed by atoms with Crippen molar-refractivity contribution in [3.05, 3.63) is 28.2 Å². The first-order valence-electron chi connectivity index (χ1n) is 6.63. The minimum absolute atomic E-state index is 0.0552. The zero-order valence-corrected chi connectivity index (χ0v) is 12.3. The molecule has 1 saturated heterocycles. The molecule has 1 amide bonds. The first-order chi connectivity index (χ1) is 9.42. The Hall–Kier alpha value is -1.66. The fourth-order valence-corrected chi connectivity index (χ4v) is 2.60. The van der Waals surface area contributed by atoms with Gasteiger partial charge in [-0.15, -0.1) is 0 Å². The van der Waals surface area contributed by atoms with Gasteiger partial charge in [-0.1, -0.05) is 0 Å². The topological polar surface area (TPSA) is 63.6 Å². The second-order valence-electron chi connectivity index (χ2n) is 5.37. The van der Waals surface area contributed by atoms with Crippen molar-refractivity contribution in [3.63, 3.8) is 0 Å². The molecule has 1 aromatic heterocycles. The summed E-state index contributed by atoms with van der Waals surface area (Å²) in [5.41, 5.74) is 1.20. The Bertz CT molecular complexity index is 541. The van der Waals surface area contributed by atoms with E-state index in [1.54, 1.807) is 33.3 Å². The second kappa shape index (κ2) is 5.76. The zero-order chi connectivity index (χ0) is 14.9. The van der Waals surface area contributed by atoms with Crippen molar-refractivity contribution < 1.29 is 9.53 Å². The largest absolute Gasteiger partial charge is 0.380 e. The Balaban J connectivity index is 2.11. The number of hydrogen-bond donors (Lipinski definition) is 1. The van der Waals surface area contributed by atoms with Crippen LogP contribution in [0.15, 0.2) is 17.1 Å². The fraction of sp³-hybridized carbons (Fsp3) is 0.571. The highest BCUT2D eigenvalue weighted by molar-refractivity contribution is 5.95. The highest BCUT2D eigenvalue weighted by Crippen LogP contribution is 2.19. The van der Waals surface area contributed by atoms with Crippen molar-refractivity contribution in [3.8, 4) is 0 Å². The van der Waals surface area contributed by atoms with Crippen LogP contribution in [0.1, 0.15) is 12.0 Å². The molecule has 110 valence electrons. The summed E-state index contributed by atoms with van der Waals surface area (Å²) in [6.45, 7) is 2.49. The highest BCUT2D eigenvalue weighted by atomic mass is 16.5. The lowest BCUT2D eigenvalue weighted by Gasteiger charge is -2.18. The van der Waals surface area contributed by atoms with E-state index in [4.69, 9.17) is 4.74 Å². The Morgan fingerprint density at radius 3 is 2.70 bits per heavy atom. The number of likely N-dealkylation sites (tertiary alicyclic amines) is 1. The van der Waals surface area contributed by atoms with E-state index < -0.39 is 0 Å². The predicted octanol–water partition coefficient (Wildman–Crippen LogP) is 0.351. The summed E-state index contributed by atoms with van der Waals surface area (Å²) < 4.78 is 6.77. The minimum Gasteiger partial charge on any atom is -0.380 e. The van der Waals surface area contributed by atoms with Crippen molar-refractivity contribution in [1.29, 1.82) is 0 Å². The number of aromatic nitrogens is 1. The summed E-state index contributed by atoms with van der Waals surface area (Å²) in [7, 11) is 5.25. The van der Waals surface area contributed by atoms with Gasteiger partial charge in [-0.25, -0.2) is 0 Å². The van der Waals surface area contributed by atoms with Gasteiger partial charge in [0.1, 0.15) is 0 Å². The van der Waals surface area contributed by atoms with Gasteiger partial charge in [-0.2, -0.15) is 0 Å². The van der Waals surface area contributed by atoms with E-state index in [1.165, 1.54) is 4.57 Å². The number of methoxy groups -OCH3 is 1. The van der Waals surface area contributed by atoms with E-state index >= 15 is 0 Å². The van der Waals surface area contributed by atoms with Gasteiger partial charge in [-0.3, -0.25) is 14.5 Å². The van der Waals surface area contributed by atoms with Crippen LogP contribution in [-0.2, 0) is 16.6 Å². The van der Waals surface area contributed by atoms with Gasteiger partial charge in [0, 0.05) is 32.5 Å². The molecule has 1 aliphatic heterocycles. The molecule has 1 aliphatic rings. The lowest BCUT2D eigenvalue weighted by molar-refractivity contribution is -0.120. The summed E-state index contributed by atoms with van der Waals surface area (Å²) in [5.74, 6) is -0.0647. The van der Waals surface area contributed by atoms with Gasteiger partial charge < -0.3 is 14.6 Å². The summed E-state index contributed by atoms with van der Waals surface area (Å²) in [6, 6.07) is 1.50. The molecule has 0 bridgehead atoms. The third-order valence-electron chi connectivity index (χ3n) is 3.78. The molecule has 20 heavy (non-hydrogen) atoms. The number of rotatable bonds is 3. The minimum atomic E-state index is -0.197. The number of carbonyl (C=O) groups excluding carboxylic acids is 1. The van der Waals surface area contributed by atoms with E-state index in [1.807, 2.05) is 11.9 Å². The molecule has 0 radical (unpaired) electrons. The number of nitrogens with one attached hydrogen (secondary N) is 1. The summed E-state index contributed by atoms with van der Waals surface area (Å²) in [5, 5.41) is 2.87. The van der Waals surface area contributed by atoms with Crippen LogP contribution in [0.4, 0.5) is 5.69 Å². The van der Waals surface area contributed by atoms with Crippen molar-refractivity contribution in [2.75, 3.05) is 26.0 Å². The number of nitrogens with zero attached hydrogens (tertiary/aromatic N) is 2. The van der Waals surface area contributed by atoms with E-state index in [9.17, 15) is 9.59 Å². The third-order valence-corrected chi connectivity index (χ3v) is 3.78. The van der Waals surface area contributed by atoms with Gasteiger partial charge in [-0.05, 0) is 26.5 Å². The molecule has 1 fully saturated rings. The molecule has 6 nitrogen and oxygen atoms in total. The lowest BCUT2D eigenvalue weighted by Crippen LogP contribution is -2.37. The lowest BCUT2D eigenvalue weighted by atomic mass is 10.2. The van der Waals surface area contributed by atoms with Crippen LogP contribution in [0.2, 0.25) is 0 Å². The molecule has 1 aromatic rings. The third kappa shape index (κ3) is 2.91. The first kappa shape index (κ1) is 14.7. The smallest absolute Gasteiger partial charge is 0.253 e. The van der Waals surface area contributed by atoms with Crippen molar-refractivity contribution in [2.45, 2.75) is 25.5 Å². The Kier molecular flexibility index (Phi) is 4.25.